The van der Waals surface area contributed by atoms with E-state index in [4.69, 9.17) is 10.3 Å². The molecule has 0 atom stereocenters. The third-order valence-corrected chi connectivity index (χ3v) is 0.384. The maximum Gasteiger partial charge on any atom is 0.510 e. The molecule has 0 saturated carbocycles. The molecule has 0 aromatic rings. The van der Waals surface area contributed by atoms with Crippen molar-refractivity contribution < 1.29 is 19.8 Å². The zero-order valence-electron chi connectivity index (χ0n) is 6.44. The van der Waals surface area contributed by atoms with Crippen molar-refractivity contribution in [3.05, 3.63) is 12.8 Å². The molecular weight excluding hydrogens is 150 g/mol. The van der Waals surface area contributed by atoms with Crippen molar-refractivity contribution in [2.45, 2.75) is 13.8 Å². The lowest BCUT2D eigenvalue weighted by atomic mass is 10.5. The zero-order chi connectivity index (χ0) is 9.28. The van der Waals surface area contributed by atoms with E-state index in [0.29, 0.717) is 5.71 Å². The van der Waals surface area contributed by atoms with Gasteiger partial charge in [-0.2, -0.15) is 0 Å². The van der Waals surface area contributed by atoms with Gasteiger partial charge in [0.05, 0.1) is 12.0 Å². The van der Waals surface area contributed by atoms with Crippen LogP contribution in [0, 0.1) is 0 Å². The largest absolute Gasteiger partial charge is 0.510 e. The summed E-state index contributed by atoms with van der Waals surface area (Å²) in [4.78, 5) is 9.31. The molecule has 5 nitrogen and oxygen atoms in total. The molecule has 64 valence electrons. The molecule has 0 unspecified atom stereocenters. The summed E-state index contributed by atoms with van der Waals surface area (Å²) in [5.41, 5.74) is 0.685. The quantitative estimate of drug-likeness (QED) is 0.201. The van der Waals surface area contributed by atoms with Gasteiger partial charge in [-0.3, -0.25) is 0 Å². The summed E-state index contributed by atoms with van der Waals surface area (Å²) in [5.74, 6) is 0. The van der Waals surface area contributed by atoms with Crippen LogP contribution in [-0.2, 0) is 4.74 Å². The molecule has 0 spiro atoms. The molecular formula is C6H11NO4. The van der Waals surface area contributed by atoms with Crippen LogP contribution in [0.3, 0.4) is 0 Å². The summed E-state index contributed by atoms with van der Waals surface area (Å²) in [6, 6.07) is 0. The SMILES string of the molecule is C=COC(=O)O.CC(C)=NO. The number of oxime groups is 1. The number of carboxylic acid groups (broad SMARTS) is 1. The van der Waals surface area contributed by atoms with Crippen molar-refractivity contribution in [3.63, 3.8) is 0 Å². The van der Waals surface area contributed by atoms with Crippen LogP contribution in [0.25, 0.3) is 0 Å². The van der Waals surface area contributed by atoms with Crippen molar-refractivity contribution >= 4 is 11.9 Å². The van der Waals surface area contributed by atoms with E-state index in [1.165, 1.54) is 0 Å². The van der Waals surface area contributed by atoms with Gasteiger partial charge in [0.25, 0.3) is 0 Å². The van der Waals surface area contributed by atoms with E-state index < -0.39 is 6.16 Å². The zero-order valence-corrected chi connectivity index (χ0v) is 6.44. The lowest BCUT2D eigenvalue weighted by molar-refractivity contribution is 0.128. The molecule has 11 heavy (non-hydrogen) atoms. The highest BCUT2D eigenvalue weighted by Crippen LogP contribution is 1.70. The average Bonchev–Trinajstić information content (AvgIpc) is 1.89. The Morgan fingerprint density at radius 3 is 2.00 bits per heavy atom. The molecule has 0 heterocycles. The maximum absolute atomic E-state index is 9.31. The normalized spacial score (nSPS) is 6.73. The lowest BCUT2D eigenvalue weighted by Crippen LogP contribution is -1.89. The molecule has 0 aliphatic heterocycles. The highest BCUT2D eigenvalue weighted by molar-refractivity contribution is 5.78. The van der Waals surface area contributed by atoms with E-state index in [9.17, 15) is 4.79 Å². The van der Waals surface area contributed by atoms with Gasteiger partial charge >= 0.3 is 6.16 Å². The standard InChI is InChI=1S/C3H7NO.C3H4O3/c1-3(2)4-5;1-2-6-3(4)5/h5H,1-2H3;2H,1H2,(H,4,5). The van der Waals surface area contributed by atoms with Gasteiger partial charge in [0.2, 0.25) is 0 Å². The van der Waals surface area contributed by atoms with E-state index in [-0.39, 0.29) is 0 Å². The molecule has 0 fully saturated rings. The van der Waals surface area contributed by atoms with E-state index in [0.717, 1.165) is 6.26 Å². The fraction of sp³-hybridized carbons (Fsp3) is 0.333. The van der Waals surface area contributed by atoms with Crippen LogP contribution < -0.4 is 0 Å². The lowest BCUT2D eigenvalue weighted by Gasteiger charge is -1.81. The molecule has 2 N–H and O–H groups in total. The Morgan fingerprint density at radius 2 is 2.00 bits per heavy atom. The molecule has 0 saturated heterocycles. The van der Waals surface area contributed by atoms with E-state index in [2.05, 4.69) is 16.5 Å². The molecule has 5 heteroatoms. The molecule has 0 radical (unpaired) electrons. The number of rotatable bonds is 1. The first-order chi connectivity index (χ1) is 5.04. The molecule has 0 rings (SSSR count). The van der Waals surface area contributed by atoms with Crippen molar-refractivity contribution in [2.24, 2.45) is 5.16 Å². The summed E-state index contributed by atoms with van der Waals surface area (Å²) >= 11 is 0. The third kappa shape index (κ3) is 29.4. The fourth-order valence-corrected chi connectivity index (χ4v) is 0.0713. The Hall–Kier alpha value is -1.52. The Bertz CT molecular complexity index is 149. The first kappa shape index (κ1) is 12.2. The van der Waals surface area contributed by atoms with Gasteiger partial charge in [0.1, 0.15) is 0 Å². The fourth-order valence-electron chi connectivity index (χ4n) is 0.0713. The van der Waals surface area contributed by atoms with Crippen molar-refractivity contribution in [1.29, 1.82) is 0 Å². The second-order valence-corrected chi connectivity index (χ2v) is 1.60. The predicted octanol–water partition coefficient (Wildman–Crippen LogP) is 1.68. The van der Waals surface area contributed by atoms with Crippen LogP contribution in [0.2, 0.25) is 0 Å². The molecule has 0 bridgehead atoms. The van der Waals surface area contributed by atoms with Gasteiger partial charge < -0.3 is 15.1 Å². The first-order valence-corrected chi connectivity index (χ1v) is 2.70. The number of nitrogens with zero attached hydrogens (tertiary/aromatic N) is 1. The minimum Gasteiger partial charge on any atom is -0.449 e. The monoisotopic (exact) mass is 161 g/mol. The topological polar surface area (TPSA) is 79.1 Å². The van der Waals surface area contributed by atoms with Gasteiger partial charge in [-0.25, -0.2) is 4.79 Å². The molecule has 0 aromatic carbocycles. The van der Waals surface area contributed by atoms with Crippen LogP contribution in [0.5, 0.6) is 0 Å². The summed E-state index contributed by atoms with van der Waals surface area (Å²) in [6.07, 6.45) is -0.479. The Morgan fingerprint density at radius 1 is 1.64 bits per heavy atom. The van der Waals surface area contributed by atoms with Gasteiger partial charge in [-0.05, 0) is 13.8 Å². The van der Waals surface area contributed by atoms with Crippen LogP contribution in [-0.4, -0.2) is 22.2 Å². The molecule has 0 amide bonds. The van der Waals surface area contributed by atoms with Crippen LogP contribution in [0.1, 0.15) is 13.8 Å². The number of hydrogen-bond acceptors (Lipinski definition) is 4. The molecule has 0 aliphatic carbocycles. The molecule has 0 aromatic heterocycles. The number of hydrogen-bond donors (Lipinski definition) is 2. The van der Waals surface area contributed by atoms with Gasteiger partial charge in [0, 0.05) is 0 Å². The Kier molecular flexibility index (Phi) is 9.39. The Labute approximate surface area is 64.6 Å². The second kappa shape index (κ2) is 8.48. The van der Waals surface area contributed by atoms with Crippen LogP contribution in [0.4, 0.5) is 4.79 Å². The second-order valence-electron chi connectivity index (χ2n) is 1.60. The van der Waals surface area contributed by atoms with Crippen molar-refractivity contribution in [3.8, 4) is 0 Å². The summed E-state index contributed by atoms with van der Waals surface area (Å²) in [7, 11) is 0. The highest BCUT2D eigenvalue weighted by Gasteiger charge is 1.84. The summed E-state index contributed by atoms with van der Waals surface area (Å²) in [6.45, 7) is 6.44. The molecule has 0 aliphatic rings. The van der Waals surface area contributed by atoms with Gasteiger partial charge in [-0.1, -0.05) is 11.7 Å². The average molecular weight is 161 g/mol. The third-order valence-electron chi connectivity index (χ3n) is 0.384. The summed E-state index contributed by atoms with van der Waals surface area (Å²) < 4.78 is 3.72. The highest BCUT2D eigenvalue weighted by atomic mass is 16.7. The van der Waals surface area contributed by atoms with Crippen LogP contribution in [0.15, 0.2) is 18.0 Å². The first-order valence-electron chi connectivity index (χ1n) is 2.70. The predicted molar refractivity (Wildman–Crippen MR) is 39.9 cm³/mol. The minimum absolute atomic E-state index is 0.685. The van der Waals surface area contributed by atoms with Crippen molar-refractivity contribution in [2.75, 3.05) is 0 Å². The van der Waals surface area contributed by atoms with Crippen molar-refractivity contribution in [1.82, 2.24) is 0 Å². The van der Waals surface area contributed by atoms with Gasteiger partial charge in [-0.15, -0.1) is 0 Å². The number of ether oxygens (including phenoxy) is 1. The van der Waals surface area contributed by atoms with E-state index in [1.54, 1.807) is 13.8 Å². The van der Waals surface area contributed by atoms with E-state index in [1.807, 2.05) is 0 Å². The van der Waals surface area contributed by atoms with Crippen LogP contribution >= 0.6 is 0 Å². The minimum atomic E-state index is -1.33. The number of carbonyl (C=O) groups is 1. The Balaban J connectivity index is 0. The smallest absolute Gasteiger partial charge is 0.449 e. The van der Waals surface area contributed by atoms with E-state index >= 15 is 0 Å². The maximum atomic E-state index is 9.31. The summed E-state index contributed by atoms with van der Waals surface area (Å²) in [5, 5.41) is 18.2. The van der Waals surface area contributed by atoms with Gasteiger partial charge in [0.15, 0.2) is 0 Å².